The minimum Gasteiger partial charge on any atom is -0.497 e. The lowest BCUT2D eigenvalue weighted by Gasteiger charge is -2.33. The number of halogens is 1. The molecule has 0 aliphatic heterocycles. The molecule has 0 radical (unpaired) electrons. The van der Waals surface area contributed by atoms with Gasteiger partial charge in [-0.15, -0.1) is 0 Å². The highest BCUT2D eigenvalue weighted by Gasteiger charge is 2.31. The molecule has 0 aliphatic carbocycles. The van der Waals surface area contributed by atoms with Gasteiger partial charge in [0, 0.05) is 23.7 Å². The zero-order valence-corrected chi connectivity index (χ0v) is 21.1. The van der Waals surface area contributed by atoms with Crippen LogP contribution in [0.5, 0.6) is 5.75 Å². The van der Waals surface area contributed by atoms with Crippen LogP contribution in [0.1, 0.15) is 33.3 Å². The molecule has 1 N–H and O–H groups in total. The highest BCUT2D eigenvalue weighted by molar-refractivity contribution is 7.92. The van der Waals surface area contributed by atoms with E-state index in [0.717, 1.165) is 10.6 Å². The highest BCUT2D eigenvalue weighted by Crippen LogP contribution is 2.24. The van der Waals surface area contributed by atoms with Gasteiger partial charge in [0.05, 0.1) is 19.1 Å². The first-order chi connectivity index (χ1) is 15.7. The average molecular weight is 494 g/mol. The topological polar surface area (TPSA) is 96.0 Å². The summed E-state index contributed by atoms with van der Waals surface area (Å²) < 4.78 is 45.6. The third-order valence-corrected chi connectivity index (χ3v) is 6.13. The Morgan fingerprint density at radius 3 is 2.32 bits per heavy atom. The summed E-state index contributed by atoms with van der Waals surface area (Å²) in [6.07, 6.45) is 0.983. The number of carbonyl (C=O) groups is 2. The fraction of sp³-hybridized carbons (Fsp3) is 0.417. The van der Waals surface area contributed by atoms with Gasteiger partial charge in [-0.3, -0.25) is 13.9 Å². The second-order valence-corrected chi connectivity index (χ2v) is 10.9. The number of ether oxygens (including phenoxy) is 1. The molecule has 0 unspecified atom stereocenters. The number of rotatable bonds is 9. The Morgan fingerprint density at radius 2 is 1.76 bits per heavy atom. The minimum absolute atomic E-state index is 0.207. The molecule has 1 atom stereocenters. The number of hydrogen-bond donors (Lipinski definition) is 1. The van der Waals surface area contributed by atoms with E-state index in [1.165, 1.54) is 49.3 Å². The number of amides is 2. The lowest BCUT2D eigenvalue weighted by Crippen LogP contribution is -2.54. The van der Waals surface area contributed by atoms with Crippen molar-refractivity contribution in [2.24, 2.45) is 0 Å². The Kier molecular flexibility index (Phi) is 8.66. The van der Waals surface area contributed by atoms with E-state index in [1.54, 1.807) is 39.0 Å². The molecule has 0 saturated carbocycles. The molecule has 0 aromatic heterocycles. The van der Waals surface area contributed by atoms with Crippen LogP contribution in [0.2, 0.25) is 0 Å². The van der Waals surface area contributed by atoms with Crippen molar-refractivity contribution in [3.8, 4) is 5.75 Å². The molecule has 0 spiro atoms. The van der Waals surface area contributed by atoms with Gasteiger partial charge in [0.1, 0.15) is 24.2 Å². The van der Waals surface area contributed by atoms with E-state index in [9.17, 15) is 22.4 Å². The Hall–Kier alpha value is -3.14. The van der Waals surface area contributed by atoms with E-state index in [-0.39, 0.29) is 17.8 Å². The smallest absolute Gasteiger partial charge is 0.244 e. The first-order valence-electron chi connectivity index (χ1n) is 10.7. The van der Waals surface area contributed by atoms with Crippen molar-refractivity contribution in [1.82, 2.24) is 10.2 Å². The van der Waals surface area contributed by atoms with Gasteiger partial charge in [-0.05, 0) is 45.9 Å². The van der Waals surface area contributed by atoms with Crippen LogP contribution in [0.4, 0.5) is 10.1 Å². The third kappa shape index (κ3) is 7.44. The Bertz CT molecular complexity index is 1130. The SMILES string of the molecule is COc1cccc(N(CC(=O)N(Cc2ccccc2F)[C@H](C)C(=O)NC(C)(C)C)S(C)(=O)=O)c1. The van der Waals surface area contributed by atoms with Crippen molar-refractivity contribution in [3.63, 3.8) is 0 Å². The van der Waals surface area contributed by atoms with Crippen molar-refractivity contribution in [1.29, 1.82) is 0 Å². The van der Waals surface area contributed by atoms with Crippen molar-refractivity contribution in [2.75, 3.05) is 24.2 Å². The minimum atomic E-state index is -3.87. The molecule has 34 heavy (non-hydrogen) atoms. The number of hydrogen-bond acceptors (Lipinski definition) is 5. The summed E-state index contributed by atoms with van der Waals surface area (Å²) in [7, 11) is -2.43. The van der Waals surface area contributed by atoms with Crippen molar-refractivity contribution >= 4 is 27.5 Å². The summed E-state index contributed by atoms with van der Waals surface area (Å²) in [6, 6.07) is 11.2. The van der Waals surface area contributed by atoms with E-state index in [2.05, 4.69) is 5.32 Å². The fourth-order valence-electron chi connectivity index (χ4n) is 3.25. The van der Waals surface area contributed by atoms with E-state index in [4.69, 9.17) is 4.74 Å². The molecule has 2 rings (SSSR count). The Labute approximate surface area is 200 Å². The first-order valence-corrected chi connectivity index (χ1v) is 12.5. The quantitative estimate of drug-likeness (QED) is 0.580. The van der Waals surface area contributed by atoms with Gasteiger partial charge in [-0.25, -0.2) is 12.8 Å². The predicted octanol–water partition coefficient (Wildman–Crippen LogP) is 2.93. The van der Waals surface area contributed by atoms with Crippen LogP contribution in [0.15, 0.2) is 48.5 Å². The lowest BCUT2D eigenvalue weighted by molar-refractivity contribution is -0.140. The number of carbonyl (C=O) groups excluding carboxylic acids is 2. The summed E-state index contributed by atoms with van der Waals surface area (Å²) in [5.74, 6) is -1.21. The summed E-state index contributed by atoms with van der Waals surface area (Å²) in [4.78, 5) is 27.5. The largest absolute Gasteiger partial charge is 0.497 e. The average Bonchev–Trinajstić information content (AvgIpc) is 2.74. The normalized spacial score (nSPS) is 12.6. The maximum atomic E-state index is 14.4. The Morgan fingerprint density at radius 1 is 1.12 bits per heavy atom. The van der Waals surface area contributed by atoms with E-state index < -0.39 is 45.8 Å². The molecule has 2 aromatic carbocycles. The second kappa shape index (κ2) is 10.9. The second-order valence-electron chi connectivity index (χ2n) is 9.00. The van der Waals surface area contributed by atoms with Crippen molar-refractivity contribution < 1.29 is 27.1 Å². The molecule has 10 heteroatoms. The Balaban J connectivity index is 2.43. The van der Waals surface area contributed by atoms with E-state index in [1.807, 2.05) is 0 Å². The molecular formula is C24H32FN3O5S. The lowest BCUT2D eigenvalue weighted by atomic mass is 10.1. The summed E-state index contributed by atoms with van der Waals surface area (Å²) in [5.41, 5.74) is -0.122. The van der Waals surface area contributed by atoms with Gasteiger partial charge in [-0.1, -0.05) is 24.3 Å². The van der Waals surface area contributed by atoms with Gasteiger partial charge >= 0.3 is 0 Å². The third-order valence-electron chi connectivity index (χ3n) is 4.98. The monoisotopic (exact) mass is 493 g/mol. The summed E-state index contributed by atoms with van der Waals surface area (Å²) in [5, 5.41) is 2.81. The molecule has 8 nitrogen and oxygen atoms in total. The van der Waals surface area contributed by atoms with Crippen molar-refractivity contribution in [3.05, 3.63) is 59.9 Å². The number of methoxy groups -OCH3 is 1. The maximum Gasteiger partial charge on any atom is 0.244 e. The van der Waals surface area contributed by atoms with E-state index >= 15 is 0 Å². The molecule has 0 aliphatic rings. The number of benzene rings is 2. The van der Waals surface area contributed by atoms with Crippen LogP contribution in [-0.2, 0) is 26.2 Å². The highest BCUT2D eigenvalue weighted by atomic mass is 32.2. The van der Waals surface area contributed by atoms with Crippen LogP contribution in [0, 0.1) is 5.82 Å². The summed E-state index contributed by atoms with van der Waals surface area (Å²) in [6.45, 7) is 6.14. The molecule has 0 bridgehead atoms. The molecule has 0 fully saturated rings. The molecule has 0 heterocycles. The summed E-state index contributed by atoms with van der Waals surface area (Å²) >= 11 is 0. The first kappa shape index (κ1) is 27.1. The van der Waals surface area contributed by atoms with Gasteiger partial charge in [0.2, 0.25) is 21.8 Å². The number of nitrogens with one attached hydrogen (secondary N) is 1. The zero-order chi connectivity index (χ0) is 25.7. The molecule has 2 amide bonds. The van der Waals surface area contributed by atoms with Crippen LogP contribution in [0.3, 0.4) is 0 Å². The predicted molar refractivity (Wildman–Crippen MR) is 129 cm³/mol. The number of anilines is 1. The molecule has 2 aromatic rings. The van der Waals surface area contributed by atoms with Gasteiger partial charge < -0.3 is 15.0 Å². The maximum absolute atomic E-state index is 14.4. The van der Waals surface area contributed by atoms with Crippen LogP contribution < -0.4 is 14.4 Å². The van der Waals surface area contributed by atoms with Crippen LogP contribution >= 0.6 is 0 Å². The van der Waals surface area contributed by atoms with Gasteiger partial charge in [0.15, 0.2) is 0 Å². The van der Waals surface area contributed by atoms with Crippen molar-refractivity contribution in [2.45, 2.75) is 45.8 Å². The fourth-order valence-corrected chi connectivity index (χ4v) is 4.09. The number of sulfonamides is 1. The zero-order valence-electron chi connectivity index (χ0n) is 20.3. The van der Waals surface area contributed by atoms with E-state index in [0.29, 0.717) is 5.75 Å². The molecule has 186 valence electrons. The van der Waals surface area contributed by atoms with Crippen LogP contribution in [0.25, 0.3) is 0 Å². The van der Waals surface area contributed by atoms with Gasteiger partial charge in [0.25, 0.3) is 0 Å². The van der Waals surface area contributed by atoms with Gasteiger partial charge in [-0.2, -0.15) is 0 Å². The van der Waals surface area contributed by atoms with Crippen LogP contribution in [-0.4, -0.2) is 56.6 Å². The molecular weight excluding hydrogens is 461 g/mol. The molecule has 0 saturated heterocycles. The number of nitrogens with zero attached hydrogens (tertiary/aromatic N) is 2. The standard InChI is InChI=1S/C24H32FN3O5S/c1-17(23(30)26-24(2,3)4)27(15-18-10-7-8-13-21(18)25)22(29)16-28(34(6,31)32)19-11-9-12-20(14-19)33-5/h7-14,17H,15-16H2,1-6H3,(H,26,30)/t17-/m1/s1.